The number of rotatable bonds is 3. The molecule has 0 aliphatic carbocycles. The minimum atomic E-state index is 0.630. The van der Waals surface area contributed by atoms with E-state index in [4.69, 9.17) is 0 Å². The van der Waals surface area contributed by atoms with Gasteiger partial charge in [0.2, 0.25) is 0 Å². The van der Waals surface area contributed by atoms with Crippen molar-refractivity contribution in [2.75, 3.05) is 7.05 Å². The maximum absolute atomic E-state index is 2.92. The van der Waals surface area contributed by atoms with Crippen molar-refractivity contribution in [2.45, 2.75) is 20.8 Å². The highest BCUT2D eigenvalue weighted by Gasteiger charge is 1.92. The largest absolute Gasteiger partial charge is 0.329 e. The molecule has 0 bridgehead atoms. The Morgan fingerprint density at radius 3 is 2.33 bits per heavy atom. The van der Waals surface area contributed by atoms with Crippen LogP contribution in [0.2, 0.25) is 0 Å². The van der Waals surface area contributed by atoms with E-state index in [1.807, 2.05) is 13.2 Å². The minimum absolute atomic E-state index is 0.630. The van der Waals surface area contributed by atoms with Crippen LogP contribution in [0.1, 0.15) is 20.8 Å². The van der Waals surface area contributed by atoms with Crippen LogP contribution in [0.5, 0.6) is 0 Å². The Kier molecular flexibility index (Phi) is 4.14. The summed E-state index contributed by atoms with van der Waals surface area (Å²) in [5.41, 5.74) is 7.10. The van der Waals surface area contributed by atoms with Crippen molar-refractivity contribution in [1.29, 1.82) is 0 Å². The van der Waals surface area contributed by atoms with Crippen molar-refractivity contribution < 1.29 is 0 Å². The van der Waals surface area contributed by atoms with Crippen LogP contribution in [-0.2, 0) is 0 Å². The Morgan fingerprint density at radius 2 is 2.00 bits per heavy atom. The van der Waals surface area contributed by atoms with Crippen molar-refractivity contribution >= 4 is 0 Å². The quantitative estimate of drug-likeness (QED) is 0.559. The van der Waals surface area contributed by atoms with Gasteiger partial charge in [0, 0.05) is 13.2 Å². The van der Waals surface area contributed by atoms with Crippen LogP contribution in [-0.4, -0.2) is 7.05 Å². The molecule has 0 heterocycles. The number of hydrazine groups is 1. The molecule has 9 heavy (non-hydrogen) atoms. The standard InChI is InChI=1S/C7H16N2/c1-6(2)7(3)5-9-8-4/h5-6,8-9H,1-4H3/b7-5-. The second kappa shape index (κ2) is 4.39. The smallest absolute Gasteiger partial charge is 0.0117 e. The second-order valence-corrected chi connectivity index (χ2v) is 2.44. The van der Waals surface area contributed by atoms with Crippen LogP contribution in [0.3, 0.4) is 0 Å². The van der Waals surface area contributed by atoms with E-state index in [0.717, 1.165) is 0 Å². The fraction of sp³-hybridized carbons (Fsp3) is 0.714. The lowest BCUT2D eigenvalue weighted by molar-refractivity contribution is 0.693. The highest BCUT2D eigenvalue weighted by molar-refractivity contribution is 4.98. The normalized spacial score (nSPS) is 12.3. The van der Waals surface area contributed by atoms with E-state index in [-0.39, 0.29) is 0 Å². The van der Waals surface area contributed by atoms with Crippen LogP contribution in [0.15, 0.2) is 11.8 Å². The summed E-state index contributed by atoms with van der Waals surface area (Å²) >= 11 is 0. The van der Waals surface area contributed by atoms with E-state index >= 15 is 0 Å². The lowest BCUT2D eigenvalue weighted by Crippen LogP contribution is -2.21. The molecule has 0 saturated carbocycles. The van der Waals surface area contributed by atoms with Gasteiger partial charge in [-0.15, -0.1) is 0 Å². The molecule has 2 nitrogen and oxygen atoms in total. The average molecular weight is 128 g/mol. The summed E-state index contributed by atoms with van der Waals surface area (Å²) in [7, 11) is 1.85. The first-order valence-corrected chi connectivity index (χ1v) is 3.27. The molecule has 2 heteroatoms. The topological polar surface area (TPSA) is 24.1 Å². The van der Waals surface area contributed by atoms with Gasteiger partial charge in [-0.3, -0.25) is 0 Å². The molecule has 0 rings (SSSR count). The van der Waals surface area contributed by atoms with Gasteiger partial charge in [-0.05, 0) is 12.8 Å². The van der Waals surface area contributed by atoms with Crippen molar-refractivity contribution in [3.05, 3.63) is 11.8 Å². The third-order valence-electron chi connectivity index (χ3n) is 1.35. The van der Waals surface area contributed by atoms with Crippen molar-refractivity contribution in [1.82, 2.24) is 10.9 Å². The van der Waals surface area contributed by atoms with E-state index in [9.17, 15) is 0 Å². The van der Waals surface area contributed by atoms with Crippen LogP contribution in [0.4, 0.5) is 0 Å². The summed E-state index contributed by atoms with van der Waals surface area (Å²) in [5, 5.41) is 0. The Balaban J connectivity index is 3.55. The maximum Gasteiger partial charge on any atom is 0.0117 e. The van der Waals surface area contributed by atoms with Gasteiger partial charge in [-0.2, -0.15) is 0 Å². The van der Waals surface area contributed by atoms with E-state index < -0.39 is 0 Å². The SMILES string of the molecule is CNN/C=C(/C)C(C)C. The lowest BCUT2D eigenvalue weighted by atomic mass is 10.1. The number of hydrogen-bond donors (Lipinski definition) is 2. The molecule has 0 amide bonds. The van der Waals surface area contributed by atoms with Crippen LogP contribution < -0.4 is 10.9 Å². The predicted molar refractivity (Wildman–Crippen MR) is 40.8 cm³/mol. The van der Waals surface area contributed by atoms with Gasteiger partial charge >= 0.3 is 0 Å². The zero-order chi connectivity index (χ0) is 7.28. The third-order valence-corrected chi connectivity index (χ3v) is 1.35. The first kappa shape index (κ1) is 8.50. The second-order valence-electron chi connectivity index (χ2n) is 2.44. The van der Waals surface area contributed by atoms with Crippen molar-refractivity contribution in [3.8, 4) is 0 Å². The zero-order valence-electron chi connectivity index (χ0n) is 6.65. The average Bonchev–Trinajstić information content (AvgIpc) is 1.82. The van der Waals surface area contributed by atoms with E-state index in [1.165, 1.54) is 5.57 Å². The molecule has 2 N–H and O–H groups in total. The molecular formula is C7H16N2. The monoisotopic (exact) mass is 128 g/mol. The minimum Gasteiger partial charge on any atom is -0.329 e. The number of hydrogen-bond acceptors (Lipinski definition) is 2. The first-order valence-electron chi connectivity index (χ1n) is 3.27. The van der Waals surface area contributed by atoms with Gasteiger partial charge in [0.05, 0.1) is 0 Å². The summed E-state index contributed by atoms with van der Waals surface area (Å²) in [6.07, 6.45) is 1.98. The molecule has 0 aliphatic rings. The zero-order valence-corrected chi connectivity index (χ0v) is 6.65. The molecule has 0 aromatic heterocycles. The van der Waals surface area contributed by atoms with Gasteiger partial charge in [0.25, 0.3) is 0 Å². The molecule has 0 saturated heterocycles. The Bertz CT molecular complexity index is 95.1. The third kappa shape index (κ3) is 4.03. The molecule has 0 atom stereocenters. The highest BCUT2D eigenvalue weighted by atomic mass is 15.3. The van der Waals surface area contributed by atoms with E-state index in [2.05, 4.69) is 31.6 Å². The predicted octanol–water partition coefficient (Wildman–Crippen LogP) is 1.27. The fourth-order valence-electron chi connectivity index (χ4n) is 0.353. The molecule has 54 valence electrons. The van der Waals surface area contributed by atoms with Gasteiger partial charge < -0.3 is 5.43 Å². The summed E-state index contributed by atoms with van der Waals surface area (Å²) in [5.74, 6) is 0.630. The maximum atomic E-state index is 2.92. The van der Waals surface area contributed by atoms with Crippen molar-refractivity contribution in [3.63, 3.8) is 0 Å². The Labute approximate surface area is 57.3 Å². The molecular weight excluding hydrogens is 112 g/mol. The molecule has 0 aromatic carbocycles. The first-order chi connectivity index (χ1) is 4.18. The molecule has 0 unspecified atom stereocenters. The molecule has 0 radical (unpaired) electrons. The van der Waals surface area contributed by atoms with Gasteiger partial charge in [0.15, 0.2) is 0 Å². The Hall–Kier alpha value is -0.500. The van der Waals surface area contributed by atoms with E-state index in [1.54, 1.807) is 0 Å². The number of nitrogens with one attached hydrogen (secondary N) is 2. The molecule has 0 aromatic rings. The van der Waals surface area contributed by atoms with Crippen molar-refractivity contribution in [2.24, 2.45) is 5.92 Å². The van der Waals surface area contributed by atoms with Gasteiger partial charge in [-0.1, -0.05) is 19.4 Å². The van der Waals surface area contributed by atoms with Crippen LogP contribution >= 0.6 is 0 Å². The van der Waals surface area contributed by atoms with Crippen LogP contribution in [0.25, 0.3) is 0 Å². The fourth-order valence-corrected chi connectivity index (χ4v) is 0.353. The molecule has 0 spiro atoms. The molecule has 0 fully saturated rings. The lowest BCUT2D eigenvalue weighted by Gasteiger charge is -2.04. The summed E-state index contributed by atoms with van der Waals surface area (Å²) < 4.78 is 0. The van der Waals surface area contributed by atoms with Gasteiger partial charge in [0.1, 0.15) is 0 Å². The highest BCUT2D eigenvalue weighted by Crippen LogP contribution is 2.04. The summed E-state index contributed by atoms with van der Waals surface area (Å²) in [4.78, 5) is 0. The Morgan fingerprint density at radius 1 is 1.44 bits per heavy atom. The molecule has 0 aliphatic heterocycles. The summed E-state index contributed by atoms with van der Waals surface area (Å²) in [6, 6.07) is 0. The summed E-state index contributed by atoms with van der Waals surface area (Å²) in [6.45, 7) is 6.45. The number of allylic oxidation sites excluding steroid dienone is 1. The van der Waals surface area contributed by atoms with E-state index in [0.29, 0.717) is 5.92 Å². The van der Waals surface area contributed by atoms with Gasteiger partial charge in [-0.25, -0.2) is 5.43 Å². The van der Waals surface area contributed by atoms with Crippen LogP contribution in [0, 0.1) is 5.92 Å².